The lowest BCUT2D eigenvalue weighted by Crippen LogP contribution is -2.70. The minimum absolute atomic E-state index is 0.120. The molecule has 1 aliphatic carbocycles. The molecule has 5 rings (SSSR count). The first kappa shape index (κ1) is 27.5. The van der Waals surface area contributed by atoms with Crippen LogP contribution in [0.5, 0.6) is 5.75 Å². The number of nitrogens with two attached hydrogens (primary N) is 1. The number of carboxylic acid groups (broad SMARTS) is 1. The van der Waals surface area contributed by atoms with Crippen LogP contribution >= 0.6 is 0 Å². The summed E-state index contributed by atoms with van der Waals surface area (Å²) in [5, 5.41) is 14.9. The highest BCUT2D eigenvalue weighted by atomic mass is 16.6. The van der Waals surface area contributed by atoms with Crippen molar-refractivity contribution in [3.05, 3.63) is 47.5 Å². The zero-order valence-corrected chi connectivity index (χ0v) is 23.1. The molecule has 0 atom stereocenters. The molecule has 40 heavy (non-hydrogen) atoms. The zero-order chi connectivity index (χ0) is 28.7. The van der Waals surface area contributed by atoms with Crippen molar-refractivity contribution >= 4 is 12.1 Å². The lowest BCUT2D eigenvalue weighted by molar-refractivity contribution is -0.0121. The molecule has 4 heterocycles. The fraction of sp³-hybridized carbons (Fsp3) is 0.464. The summed E-state index contributed by atoms with van der Waals surface area (Å²) in [7, 11) is 1.61. The van der Waals surface area contributed by atoms with Crippen LogP contribution in [0, 0.1) is 0 Å². The number of rotatable bonds is 8. The van der Waals surface area contributed by atoms with Crippen molar-refractivity contribution in [2.24, 2.45) is 5.73 Å². The van der Waals surface area contributed by atoms with Gasteiger partial charge >= 0.3 is 12.1 Å². The van der Waals surface area contributed by atoms with Crippen molar-refractivity contribution in [2.75, 3.05) is 33.4 Å². The van der Waals surface area contributed by atoms with Crippen LogP contribution in [-0.2, 0) is 28.9 Å². The molecule has 12 heteroatoms. The molecule has 3 aromatic heterocycles. The van der Waals surface area contributed by atoms with Crippen LogP contribution in [0.3, 0.4) is 0 Å². The number of carbonyl (C=O) groups is 2. The molecule has 0 unspecified atom stereocenters. The third-order valence-corrected chi connectivity index (χ3v) is 6.83. The number of aromatic carboxylic acids is 1. The minimum Gasteiger partial charge on any atom is -0.490 e. The van der Waals surface area contributed by atoms with E-state index in [0.717, 1.165) is 16.7 Å². The largest absolute Gasteiger partial charge is 0.490 e. The number of ether oxygens (including phenoxy) is 3. The Bertz CT molecular complexity index is 1440. The maximum absolute atomic E-state index is 12.4. The first-order valence-electron chi connectivity index (χ1n) is 13.1. The summed E-state index contributed by atoms with van der Waals surface area (Å²) in [6.07, 6.45) is 5.86. The van der Waals surface area contributed by atoms with Crippen LogP contribution < -0.4 is 10.5 Å². The number of nitrogens with zero attached hydrogens (tertiary/aromatic N) is 5. The van der Waals surface area contributed by atoms with Gasteiger partial charge < -0.3 is 30.0 Å². The number of carbonyl (C=O) groups excluding carboxylic acids is 1. The molecule has 212 valence electrons. The molecule has 0 bridgehead atoms. The molecule has 3 aromatic rings. The standard InChI is InChI=1S/C28H34N6O6/c1-27(2,3)40-26(37)33-14-28(29,15-33)16-34-24(25(35)36)20-6-5-17-12-31-22(10-21(17)23(20)32-34)18-9-19(13-30-11-18)39-8-7-38-4/h9-13H,5-8,14-16,29H2,1-4H3,(H,35,36). The average molecular weight is 551 g/mol. The third-order valence-electron chi connectivity index (χ3n) is 6.83. The van der Waals surface area contributed by atoms with Crippen molar-refractivity contribution in [1.82, 2.24) is 24.6 Å². The Labute approximate surface area is 232 Å². The third kappa shape index (κ3) is 5.63. The van der Waals surface area contributed by atoms with Gasteiger partial charge in [0.15, 0.2) is 0 Å². The van der Waals surface area contributed by atoms with Crippen molar-refractivity contribution in [3.8, 4) is 28.3 Å². The van der Waals surface area contributed by atoms with Gasteiger partial charge in [-0.15, -0.1) is 0 Å². The molecule has 0 saturated carbocycles. The summed E-state index contributed by atoms with van der Waals surface area (Å²) >= 11 is 0. The molecular weight excluding hydrogens is 516 g/mol. The van der Waals surface area contributed by atoms with Crippen molar-refractivity contribution in [3.63, 3.8) is 0 Å². The monoisotopic (exact) mass is 550 g/mol. The van der Waals surface area contributed by atoms with Crippen LogP contribution in [0.25, 0.3) is 22.5 Å². The number of carboxylic acids is 1. The lowest BCUT2D eigenvalue weighted by atomic mass is 9.89. The molecule has 1 fully saturated rings. The second kappa shape index (κ2) is 10.5. The summed E-state index contributed by atoms with van der Waals surface area (Å²) in [6.45, 7) is 6.90. The van der Waals surface area contributed by atoms with Crippen LogP contribution in [0.4, 0.5) is 4.79 Å². The second-order valence-corrected chi connectivity index (χ2v) is 11.3. The van der Waals surface area contributed by atoms with E-state index < -0.39 is 23.2 Å². The van der Waals surface area contributed by atoms with Gasteiger partial charge in [-0.25, -0.2) is 9.59 Å². The van der Waals surface area contributed by atoms with Gasteiger partial charge in [-0.2, -0.15) is 5.10 Å². The van der Waals surface area contributed by atoms with Crippen LogP contribution in [0.15, 0.2) is 30.7 Å². The molecular formula is C28H34N6O6. The van der Waals surface area contributed by atoms with E-state index in [2.05, 4.69) is 9.97 Å². The van der Waals surface area contributed by atoms with Crippen molar-refractivity contribution < 1.29 is 28.9 Å². The van der Waals surface area contributed by atoms with E-state index in [0.29, 0.717) is 48.8 Å². The smallest absolute Gasteiger partial charge is 0.410 e. The Kier molecular flexibility index (Phi) is 7.23. The first-order valence-corrected chi connectivity index (χ1v) is 13.1. The Balaban J connectivity index is 1.41. The van der Waals surface area contributed by atoms with Crippen LogP contribution in [-0.4, -0.2) is 86.4 Å². The lowest BCUT2D eigenvalue weighted by Gasteiger charge is -2.47. The number of hydrogen-bond acceptors (Lipinski definition) is 9. The van der Waals surface area contributed by atoms with E-state index in [4.69, 9.17) is 25.0 Å². The van der Waals surface area contributed by atoms with Gasteiger partial charge in [-0.05, 0) is 51.3 Å². The average Bonchev–Trinajstić information content (AvgIpc) is 3.24. The predicted octanol–water partition coefficient (Wildman–Crippen LogP) is 2.78. The van der Waals surface area contributed by atoms with E-state index in [1.54, 1.807) is 46.5 Å². The molecule has 1 aliphatic heterocycles. The normalized spacial score (nSPS) is 15.6. The fourth-order valence-electron chi connectivity index (χ4n) is 5.08. The van der Waals surface area contributed by atoms with Gasteiger partial charge in [-0.3, -0.25) is 14.6 Å². The molecule has 0 aromatic carbocycles. The van der Waals surface area contributed by atoms with Crippen LogP contribution in [0.2, 0.25) is 0 Å². The van der Waals surface area contributed by atoms with Crippen molar-refractivity contribution in [1.29, 1.82) is 0 Å². The highest BCUT2D eigenvalue weighted by Gasteiger charge is 2.45. The Morgan fingerprint density at radius 1 is 1.12 bits per heavy atom. The zero-order valence-electron chi connectivity index (χ0n) is 23.1. The van der Waals surface area contributed by atoms with Gasteiger partial charge in [0, 0.05) is 49.3 Å². The minimum atomic E-state index is -1.07. The van der Waals surface area contributed by atoms with E-state index in [1.165, 1.54) is 9.58 Å². The number of methoxy groups -OCH3 is 1. The summed E-state index contributed by atoms with van der Waals surface area (Å²) in [6, 6.07) is 3.77. The van der Waals surface area contributed by atoms with E-state index in [-0.39, 0.29) is 25.3 Å². The highest BCUT2D eigenvalue weighted by molar-refractivity contribution is 5.91. The van der Waals surface area contributed by atoms with E-state index in [9.17, 15) is 14.7 Å². The Hall–Kier alpha value is -4.03. The van der Waals surface area contributed by atoms with E-state index in [1.807, 2.05) is 12.1 Å². The molecule has 3 N–H and O–H groups in total. The fourth-order valence-corrected chi connectivity index (χ4v) is 5.08. The van der Waals surface area contributed by atoms with Gasteiger partial charge in [0.1, 0.15) is 23.7 Å². The van der Waals surface area contributed by atoms with Crippen molar-refractivity contribution in [2.45, 2.75) is 51.3 Å². The second-order valence-electron chi connectivity index (χ2n) is 11.3. The number of fused-ring (bicyclic) bond motifs is 3. The van der Waals surface area contributed by atoms with Crippen LogP contribution in [0.1, 0.15) is 42.4 Å². The number of hydrogen-bond donors (Lipinski definition) is 2. The number of aromatic nitrogens is 4. The first-order chi connectivity index (χ1) is 19.0. The molecule has 12 nitrogen and oxygen atoms in total. The number of aryl methyl sites for hydroxylation is 1. The molecule has 1 saturated heterocycles. The van der Waals surface area contributed by atoms with Gasteiger partial charge in [0.2, 0.25) is 0 Å². The number of amides is 1. The Morgan fingerprint density at radius 3 is 2.60 bits per heavy atom. The van der Waals surface area contributed by atoms with Gasteiger partial charge in [-0.1, -0.05) is 0 Å². The molecule has 1 amide bonds. The Morgan fingerprint density at radius 2 is 1.90 bits per heavy atom. The summed E-state index contributed by atoms with van der Waals surface area (Å²) < 4.78 is 17.6. The molecule has 0 spiro atoms. The van der Waals surface area contributed by atoms with E-state index >= 15 is 0 Å². The van der Waals surface area contributed by atoms with Gasteiger partial charge in [0.05, 0.1) is 36.3 Å². The van der Waals surface area contributed by atoms with Gasteiger partial charge in [0.25, 0.3) is 0 Å². The molecule has 0 radical (unpaired) electrons. The maximum Gasteiger partial charge on any atom is 0.410 e. The maximum atomic E-state index is 12.4. The molecule has 2 aliphatic rings. The SMILES string of the molecule is COCCOc1cncc(-c2cc3c(cn2)CCc2c-3nn(CC3(N)CN(C(=O)OC(C)(C)C)C3)c2C(=O)O)c1. The summed E-state index contributed by atoms with van der Waals surface area (Å²) in [5.41, 5.74) is 9.77. The summed E-state index contributed by atoms with van der Waals surface area (Å²) in [5.74, 6) is -0.468. The highest BCUT2D eigenvalue weighted by Crippen LogP contribution is 2.37. The topological polar surface area (TPSA) is 155 Å². The predicted molar refractivity (Wildman–Crippen MR) is 145 cm³/mol. The summed E-state index contributed by atoms with van der Waals surface area (Å²) in [4.78, 5) is 35.2. The number of pyridine rings is 2. The number of likely N-dealkylation sites (tertiary alicyclic amines) is 1. The quantitative estimate of drug-likeness (QED) is 0.400.